The number of hydrogen-bond acceptors (Lipinski definition) is 4. The van der Waals surface area contributed by atoms with Gasteiger partial charge in [0.1, 0.15) is 0 Å². The van der Waals surface area contributed by atoms with Gasteiger partial charge in [-0.3, -0.25) is 4.79 Å². The number of carbonyl (C=O) groups is 2. The van der Waals surface area contributed by atoms with Gasteiger partial charge in [-0.25, -0.2) is 18.4 Å². The van der Waals surface area contributed by atoms with Gasteiger partial charge in [0.25, 0.3) is 0 Å². The van der Waals surface area contributed by atoms with Crippen molar-refractivity contribution in [2.24, 2.45) is 16.0 Å². The first kappa shape index (κ1) is 22.2. The molecule has 0 aromatic heterocycles. The maximum Gasteiger partial charge on any atom is 0.319 e. The lowest BCUT2D eigenvalue weighted by molar-refractivity contribution is -0.119. The highest BCUT2D eigenvalue weighted by Gasteiger charge is 2.41. The number of nitrogens with two attached hydrogens (primary N) is 1. The summed E-state index contributed by atoms with van der Waals surface area (Å²) in [6.07, 6.45) is 2.55. The molecule has 2 atom stereocenters. The quantitative estimate of drug-likeness (QED) is 0.592. The molecule has 28 heavy (non-hydrogen) atoms. The first-order valence-electron chi connectivity index (χ1n) is 9.23. The highest BCUT2D eigenvalue weighted by atomic mass is 32.2. The van der Waals surface area contributed by atoms with Crippen LogP contribution in [0.1, 0.15) is 47.0 Å². The van der Waals surface area contributed by atoms with Crippen LogP contribution in [0.5, 0.6) is 0 Å². The molecule has 0 saturated heterocycles. The number of carbonyl (C=O) groups excluding carboxylic acids is 2. The smallest absolute Gasteiger partial charge is 0.319 e. The fraction of sp³-hybridized carbons (Fsp3) is 0.579. The molecule has 0 bridgehead atoms. The average molecular weight is 411 g/mol. The molecule has 0 radical (unpaired) electrons. The molecular weight excluding hydrogens is 380 g/mol. The fourth-order valence-corrected chi connectivity index (χ4v) is 4.80. The van der Waals surface area contributed by atoms with Crippen LogP contribution in [-0.4, -0.2) is 32.9 Å². The molecule has 0 spiro atoms. The number of nitrogens with one attached hydrogen (secondary N) is 3. The number of amides is 3. The molecule has 1 saturated carbocycles. The molecule has 2 rings (SSSR count). The number of sulfonamides is 1. The van der Waals surface area contributed by atoms with E-state index < -0.39 is 10.0 Å². The second-order valence-electron chi connectivity index (χ2n) is 8.83. The number of benzene rings is 1. The van der Waals surface area contributed by atoms with Crippen molar-refractivity contribution in [2.45, 2.75) is 57.9 Å². The molecule has 1 aromatic carbocycles. The molecule has 1 aliphatic rings. The van der Waals surface area contributed by atoms with Crippen molar-refractivity contribution < 1.29 is 18.0 Å². The number of rotatable bonds is 5. The van der Waals surface area contributed by atoms with E-state index >= 15 is 0 Å². The van der Waals surface area contributed by atoms with Crippen LogP contribution in [-0.2, 0) is 14.8 Å². The zero-order chi connectivity index (χ0) is 21.2. The number of primary sulfonamides is 1. The Morgan fingerprint density at radius 1 is 1.14 bits per heavy atom. The standard InChI is InChI=1S/C19H30N4O4S/c1-13(24)21-12-19(4)10-15(9-18(2,3)11-19)23-17(25)22-14-5-7-16(8-6-14)28(20,26)27/h5-8,15H,9-12H2,1-4H3,(H,21,24)(H2,20,26,27)(H2,22,23,25). The van der Waals surface area contributed by atoms with Gasteiger partial charge < -0.3 is 16.0 Å². The summed E-state index contributed by atoms with van der Waals surface area (Å²) >= 11 is 0. The third-order valence-corrected chi connectivity index (χ3v) is 5.91. The minimum Gasteiger partial charge on any atom is -0.356 e. The van der Waals surface area contributed by atoms with Gasteiger partial charge in [0.2, 0.25) is 15.9 Å². The Balaban J connectivity index is 2.00. The monoisotopic (exact) mass is 410 g/mol. The lowest BCUT2D eigenvalue weighted by Gasteiger charge is -2.46. The summed E-state index contributed by atoms with van der Waals surface area (Å²) < 4.78 is 22.6. The topological polar surface area (TPSA) is 130 Å². The second-order valence-corrected chi connectivity index (χ2v) is 10.4. The van der Waals surface area contributed by atoms with Gasteiger partial charge in [-0.05, 0) is 54.4 Å². The van der Waals surface area contributed by atoms with Crippen molar-refractivity contribution in [2.75, 3.05) is 11.9 Å². The third-order valence-electron chi connectivity index (χ3n) is 4.98. The van der Waals surface area contributed by atoms with Gasteiger partial charge in [-0.15, -0.1) is 0 Å². The highest BCUT2D eigenvalue weighted by molar-refractivity contribution is 7.89. The summed E-state index contributed by atoms with van der Waals surface area (Å²) in [6.45, 7) is 8.53. The van der Waals surface area contributed by atoms with E-state index in [0.29, 0.717) is 12.2 Å². The van der Waals surface area contributed by atoms with Crippen molar-refractivity contribution in [3.8, 4) is 0 Å². The van der Waals surface area contributed by atoms with E-state index in [1.165, 1.54) is 31.2 Å². The Hall–Kier alpha value is -2.13. The normalized spacial score (nSPS) is 24.2. The van der Waals surface area contributed by atoms with E-state index in [2.05, 4.69) is 36.7 Å². The van der Waals surface area contributed by atoms with Crippen molar-refractivity contribution in [3.05, 3.63) is 24.3 Å². The molecule has 3 amide bonds. The maximum atomic E-state index is 12.4. The van der Waals surface area contributed by atoms with E-state index in [-0.39, 0.29) is 33.7 Å². The van der Waals surface area contributed by atoms with Crippen LogP contribution in [0.25, 0.3) is 0 Å². The van der Waals surface area contributed by atoms with Crippen LogP contribution >= 0.6 is 0 Å². The first-order chi connectivity index (χ1) is 12.8. The van der Waals surface area contributed by atoms with E-state index in [1.807, 2.05) is 0 Å². The van der Waals surface area contributed by atoms with E-state index in [0.717, 1.165) is 19.3 Å². The summed E-state index contributed by atoms with van der Waals surface area (Å²) in [5.41, 5.74) is 0.393. The van der Waals surface area contributed by atoms with Crippen molar-refractivity contribution in [3.63, 3.8) is 0 Å². The average Bonchev–Trinajstić information content (AvgIpc) is 2.50. The second kappa shape index (κ2) is 8.08. The van der Waals surface area contributed by atoms with Crippen molar-refractivity contribution in [1.29, 1.82) is 0 Å². The lowest BCUT2D eigenvalue weighted by atomic mass is 9.62. The SMILES string of the molecule is CC(=O)NCC1(C)CC(NC(=O)Nc2ccc(S(N)(=O)=O)cc2)CC(C)(C)C1. The Morgan fingerprint density at radius 3 is 2.29 bits per heavy atom. The highest BCUT2D eigenvalue weighted by Crippen LogP contribution is 2.45. The first-order valence-corrected chi connectivity index (χ1v) is 10.8. The molecule has 9 heteroatoms. The van der Waals surface area contributed by atoms with E-state index in [4.69, 9.17) is 5.14 Å². The summed E-state index contributed by atoms with van der Waals surface area (Å²) in [6, 6.07) is 5.29. The predicted octanol–water partition coefficient (Wildman–Crippen LogP) is 2.18. The van der Waals surface area contributed by atoms with Gasteiger partial charge in [-0.2, -0.15) is 0 Å². The molecule has 8 nitrogen and oxygen atoms in total. The maximum absolute atomic E-state index is 12.4. The minimum atomic E-state index is -3.77. The van der Waals surface area contributed by atoms with Crippen LogP contribution in [0.4, 0.5) is 10.5 Å². The van der Waals surface area contributed by atoms with Crippen LogP contribution < -0.4 is 21.1 Å². The van der Waals surface area contributed by atoms with Gasteiger partial charge in [0.05, 0.1) is 4.90 Å². The number of hydrogen-bond donors (Lipinski definition) is 4. The number of urea groups is 1. The van der Waals surface area contributed by atoms with Gasteiger partial charge in [0.15, 0.2) is 0 Å². The molecule has 0 aliphatic heterocycles. The zero-order valence-electron chi connectivity index (χ0n) is 16.8. The molecule has 1 fully saturated rings. The molecule has 0 heterocycles. The zero-order valence-corrected chi connectivity index (χ0v) is 17.7. The van der Waals surface area contributed by atoms with Gasteiger partial charge in [-0.1, -0.05) is 20.8 Å². The van der Waals surface area contributed by atoms with Gasteiger partial charge in [0, 0.05) is 25.2 Å². The Morgan fingerprint density at radius 2 is 1.75 bits per heavy atom. The van der Waals surface area contributed by atoms with Crippen LogP contribution in [0, 0.1) is 10.8 Å². The van der Waals surface area contributed by atoms with Crippen molar-refractivity contribution >= 4 is 27.6 Å². The predicted molar refractivity (Wildman–Crippen MR) is 108 cm³/mol. The van der Waals surface area contributed by atoms with Crippen LogP contribution in [0.2, 0.25) is 0 Å². The van der Waals surface area contributed by atoms with E-state index in [1.54, 1.807) is 0 Å². The molecule has 5 N–H and O–H groups in total. The number of anilines is 1. The Bertz CT molecular complexity index is 836. The summed E-state index contributed by atoms with van der Waals surface area (Å²) in [7, 11) is -3.77. The summed E-state index contributed by atoms with van der Waals surface area (Å²) in [4.78, 5) is 23.7. The molecule has 1 aliphatic carbocycles. The largest absolute Gasteiger partial charge is 0.356 e. The van der Waals surface area contributed by atoms with Gasteiger partial charge >= 0.3 is 6.03 Å². The third kappa shape index (κ3) is 6.49. The fourth-order valence-electron chi connectivity index (χ4n) is 4.29. The summed E-state index contributed by atoms with van der Waals surface area (Å²) in [5, 5.41) is 13.7. The van der Waals surface area contributed by atoms with Crippen LogP contribution in [0.3, 0.4) is 0 Å². The van der Waals surface area contributed by atoms with Crippen molar-refractivity contribution in [1.82, 2.24) is 10.6 Å². The molecular formula is C19H30N4O4S. The Labute approximate surface area is 166 Å². The summed E-state index contributed by atoms with van der Waals surface area (Å²) in [5.74, 6) is -0.0604. The van der Waals surface area contributed by atoms with Crippen LogP contribution in [0.15, 0.2) is 29.2 Å². The molecule has 1 aromatic rings. The molecule has 2 unspecified atom stereocenters. The molecule has 156 valence electrons. The van der Waals surface area contributed by atoms with E-state index in [9.17, 15) is 18.0 Å². The Kier molecular flexibility index (Phi) is 6.40. The lowest BCUT2D eigenvalue weighted by Crippen LogP contribution is -2.51. The minimum absolute atomic E-state index is 0.0128.